The molecule has 0 unspecified atom stereocenters. The molecule has 0 radical (unpaired) electrons. The molecule has 1 atom stereocenters. The zero-order valence-electron chi connectivity index (χ0n) is 23.5. The number of hydrogen-bond donors (Lipinski definition) is 1. The smallest absolute Gasteiger partial charge is 0.244 e. The summed E-state index contributed by atoms with van der Waals surface area (Å²) in [6.45, 7) is 1.00. The fourth-order valence-corrected chi connectivity index (χ4v) is 6.04. The van der Waals surface area contributed by atoms with Crippen LogP contribution in [0, 0.1) is 0 Å². The van der Waals surface area contributed by atoms with Crippen molar-refractivity contribution in [1.29, 1.82) is 0 Å². The molecule has 0 heterocycles. The van der Waals surface area contributed by atoms with E-state index in [9.17, 15) is 22.8 Å². The lowest BCUT2D eigenvalue weighted by Gasteiger charge is -2.34. The Kier molecular flexibility index (Phi) is 9.94. The summed E-state index contributed by atoms with van der Waals surface area (Å²) in [5, 5.41) is 3.15. The van der Waals surface area contributed by atoms with Gasteiger partial charge in [-0.15, -0.1) is 0 Å². The summed E-state index contributed by atoms with van der Waals surface area (Å²) in [5.74, 6) is -0.992. The number of anilines is 1. The number of ketones is 1. The summed E-state index contributed by atoms with van der Waals surface area (Å²) in [4.78, 5) is 41.5. The lowest BCUT2D eigenvalue weighted by molar-refractivity contribution is -0.140. The zero-order valence-corrected chi connectivity index (χ0v) is 24.3. The average molecular weight is 576 g/mol. The molecule has 1 saturated carbocycles. The molecule has 41 heavy (non-hydrogen) atoms. The van der Waals surface area contributed by atoms with Gasteiger partial charge in [0.25, 0.3) is 0 Å². The molecular formula is C32H37N3O5S. The second kappa shape index (κ2) is 13.6. The summed E-state index contributed by atoms with van der Waals surface area (Å²) >= 11 is 0. The van der Waals surface area contributed by atoms with E-state index in [1.807, 2.05) is 60.7 Å². The summed E-state index contributed by atoms with van der Waals surface area (Å²) in [5.41, 5.74) is 2.25. The lowest BCUT2D eigenvalue weighted by atomic mass is 10.0. The summed E-state index contributed by atoms with van der Waals surface area (Å²) in [7, 11) is -3.91. The van der Waals surface area contributed by atoms with Crippen LogP contribution < -0.4 is 9.62 Å². The van der Waals surface area contributed by atoms with Crippen molar-refractivity contribution >= 4 is 33.3 Å². The lowest BCUT2D eigenvalue weighted by Crippen LogP contribution is -2.54. The highest BCUT2D eigenvalue weighted by Gasteiger charge is 2.34. The van der Waals surface area contributed by atoms with E-state index in [1.54, 1.807) is 18.2 Å². The molecule has 0 aromatic heterocycles. The van der Waals surface area contributed by atoms with Crippen LogP contribution in [-0.4, -0.2) is 55.8 Å². The Hall–Kier alpha value is -3.98. The second-order valence-corrected chi connectivity index (χ2v) is 12.5. The Bertz CT molecular complexity index is 1450. The summed E-state index contributed by atoms with van der Waals surface area (Å²) in [6.07, 6.45) is 5.18. The first-order valence-electron chi connectivity index (χ1n) is 13.9. The summed E-state index contributed by atoms with van der Waals surface area (Å²) < 4.78 is 26.9. The monoisotopic (exact) mass is 575 g/mol. The topological polar surface area (TPSA) is 104 Å². The van der Waals surface area contributed by atoms with Gasteiger partial charge in [-0.1, -0.05) is 85.6 Å². The predicted molar refractivity (Wildman–Crippen MR) is 160 cm³/mol. The van der Waals surface area contributed by atoms with Crippen molar-refractivity contribution in [2.75, 3.05) is 17.1 Å². The number of carbonyl (C=O) groups excluding carboxylic acids is 3. The largest absolute Gasteiger partial charge is 0.352 e. The number of benzene rings is 3. The predicted octanol–water partition coefficient (Wildman–Crippen LogP) is 4.35. The van der Waals surface area contributed by atoms with Gasteiger partial charge in [-0.05, 0) is 43.0 Å². The van der Waals surface area contributed by atoms with Crippen LogP contribution in [0.15, 0.2) is 84.9 Å². The minimum Gasteiger partial charge on any atom is -0.352 e. The highest BCUT2D eigenvalue weighted by molar-refractivity contribution is 7.92. The SMILES string of the molecule is CC(=O)c1cccc(N(CC(=O)N(Cc2ccccc2)[C@H](Cc2ccccc2)C(=O)NC2CCCC2)S(C)(=O)=O)c1. The van der Waals surface area contributed by atoms with Gasteiger partial charge in [0, 0.05) is 24.6 Å². The van der Waals surface area contributed by atoms with Crippen molar-refractivity contribution in [3.05, 3.63) is 102 Å². The van der Waals surface area contributed by atoms with E-state index in [1.165, 1.54) is 17.9 Å². The Morgan fingerprint density at radius 2 is 1.49 bits per heavy atom. The van der Waals surface area contributed by atoms with Crippen molar-refractivity contribution in [2.45, 2.75) is 57.7 Å². The van der Waals surface area contributed by atoms with Gasteiger partial charge in [-0.3, -0.25) is 18.7 Å². The minimum atomic E-state index is -3.91. The van der Waals surface area contributed by atoms with Gasteiger partial charge in [0.05, 0.1) is 11.9 Å². The van der Waals surface area contributed by atoms with Gasteiger partial charge in [0.1, 0.15) is 12.6 Å². The first kappa shape index (κ1) is 30.0. The number of hydrogen-bond acceptors (Lipinski definition) is 5. The quantitative estimate of drug-likeness (QED) is 0.324. The summed E-state index contributed by atoms with van der Waals surface area (Å²) in [6, 6.07) is 24.2. The number of sulfonamides is 1. The number of carbonyl (C=O) groups is 3. The Balaban J connectivity index is 1.72. The molecule has 1 aliphatic rings. The third kappa shape index (κ3) is 8.27. The fourth-order valence-electron chi connectivity index (χ4n) is 5.20. The number of Topliss-reactive ketones (excluding diaryl/α,β-unsaturated/α-hetero) is 1. The number of rotatable bonds is 12. The third-order valence-corrected chi connectivity index (χ3v) is 8.53. The van der Waals surface area contributed by atoms with Crippen LogP contribution >= 0.6 is 0 Å². The Morgan fingerprint density at radius 3 is 2.07 bits per heavy atom. The number of amides is 2. The molecule has 9 heteroatoms. The molecule has 0 saturated heterocycles. The molecule has 0 spiro atoms. The molecule has 216 valence electrons. The molecule has 0 bridgehead atoms. The molecule has 1 N–H and O–H groups in total. The van der Waals surface area contributed by atoms with Crippen LogP contribution in [0.5, 0.6) is 0 Å². The number of nitrogens with zero attached hydrogens (tertiary/aromatic N) is 2. The van der Waals surface area contributed by atoms with Crippen molar-refractivity contribution < 1.29 is 22.8 Å². The second-order valence-electron chi connectivity index (χ2n) is 10.6. The van der Waals surface area contributed by atoms with E-state index < -0.39 is 28.5 Å². The molecular weight excluding hydrogens is 538 g/mol. The zero-order chi connectivity index (χ0) is 29.4. The molecule has 2 amide bonds. The Morgan fingerprint density at radius 1 is 0.878 bits per heavy atom. The van der Waals surface area contributed by atoms with E-state index in [0.29, 0.717) is 5.56 Å². The van der Waals surface area contributed by atoms with Crippen LogP contribution in [0.1, 0.15) is 54.1 Å². The maximum Gasteiger partial charge on any atom is 0.244 e. The van der Waals surface area contributed by atoms with Crippen LogP contribution in [0.2, 0.25) is 0 Å². The van der Waals surface area contributed by atoms with Crippen molar-refractivity contribution in [3.8, 4) is 0 Å². The molecule has 8 nitrogen and oxygen atoms in total. The molecule has 3 aromatic carbocycles. The van der Waals surface area contributed by atoms with E-state index >= 15 is 0 Å². The van der Waals surface area contributed by atoms with Crippen molar-refractivity contribution in [3.63, 3.8) is 0 Å². The average Bonchev–Trinajstić information content (AvgIpc) is 3.47. The minimum absolute atomic E-state index is 0.0521. The first-order chi connectivity index (χ1) is 19.6. The van der Waals surface area contributed by atoms with Gasteiger partial charge >= 0.3 is 0 Å². The van der Waals surface area contributed by atoms with Crippen LogP contribution in [0.3, 0.4) is 0 Å². The fraction of sp³-hybridized carbons (Fsp3) is 0.344. The molecule has 4 rings (SSSR count). The molecule has 0 aliphatic heterocycles. The molecule has 3 aromatic rings. The van der Waals surface area contributed by atoms with Crippen LogP contribution in [0.4, 0.5) is 5.69 Å². The van der Waals surface area contributed by atoms with Crippen LogP contribution in [0.25, 0.3) is 0 Å². The highest BCUT2D eigenvalue weighted by Crippen LogP contribution is 2.23. The molecule has 1 fully saturated rings. The van der Waals surface area contributed by atoms with Gasteiger partial charge in [0.2, 0.25) is 21.8 Å². The van der Waals surface area contributed by atoms with Gasteiger partial charge in [-0.25, -0.2) is 8.42 Å². The van der Waals surface area contributed by atoms with Crippen LogP contribution in [-0.2, 0) is 32.6 Å². The Labute approximate surface area is 242 Å². The standard InChI is InChI=1S/C32H37N3O5S/c1-24(36)27-16-11-19-29(21-27)35(41(2,39)40)23-31(37)34(22-26-14-7-4-8-15-26)30(20-25-12-5-3-6-13-25)32(38)33-28-17-9-10-18-28/h3-8,11-16,19,21,28,30H,9-10,17-18,20,22-23H2,1-2H3,(H,33,38)/t30-/m1/s1. The van der Waals surface area contributed by atoms with Crippen molar-refractivity contribution in [2.24, 2.45) is 0 Å². The molecule has 1 aliphatic carbocycles. The first-order valence-corrected chi connectivity index (χ1v) is 15.7. The van der Waals surface area contributed by atoms with E-state index in [-0.39, 0.29) is 36.4 Å². The van der Waals surface area contributed by atoms with Gasteiger partial charge in [0.15, 0.2) is 5.78 Å². The normalized spacial score (nSPS) is 14.3. The van der Waals surface area contributed by atoms with E-state index in [2.05, 4.69) is 5.32 Å². The third-order valence-electron chi connectivity index (χ3n) is 7.39. The van der Waals surface area contributed by atoms with E-state index in [4.69, 9.17) is 0 Å². The van der Waals surface area contributed by atoms with Gasteiger partial charge < -0.3 is 10.2 Å². The van der Waals surface area contributed by atoms with Crippen molar-refractivity contribution in [1.82, 2.24) is 10.2 Å². The van der Waals surface area contributed by atoms with Gasteiger partial charge in [-0.2, -0.15) is 0 Å². The highest BCUT2D eigenvalue weighted by atomic mass is 32.2. The number of nitrogens with one attached hydrogen (secondary N) is 1. The maximum absolute atomic E-state index is 14.1. The maximum atomic E-state index is 14.1. The van der Waals surface area contributed by atoms with E-state index in [0.717, 1.165) is 47.4 Å².